The lowest BCUT2D eigenvalue weighted by Gasteiger charge is -2.28. The largest absolute Gasteiger partial charge is 0.497 e. The van der Waals surface area contributed by atoms with Gasteiger partial charge in [0.25, 0.3) is 0 Å². The van der Waals surface area contributed by atoms with Crippen LogP contribution in [0.25, 0.3) is 0 Å². The molecule has 1 saturated carbocycles. The van der Waals surface area contributed by atoms with Crippen LogP contribution >= 0.6 is 0 Å². The number of nitrogens with one attached hydrogen (secondary N) is 2. The van der Waals surface area contributed by atoms with Gasteiger partial charge in [-0.1, -0.05) is 0 Å². The summed E-state index contributed by atoms with van der Waals surface area (Å²) in [6.45, 7) is 0. The van der Waals surface area contributed by atoms with E-state index in [2.05, 4.69) is 20.6 Å². The fourth-order valence-electron chi connectivity index (χ4n) is 3.07. The van der Waals surface area contributed by atoms with Crippen LogP contribution in [0.3, 0.4) is 0 Å². The lowest BCUT2D eigenvalue weighted by Crippen LogP contribution is -2.41. The van der Waals surface area contributed by atoms with Gasteiger partial charge in [-0.05, 0) is 43.9 Å². The Hall–Kier alpha value is -3.03. The number of amides is 2. The van der Waals surface area contributed by atoms with Gasteiger partial charge in [0.1, 0.15) is 17.6 Å². The molecule has 144 valence electrons. The van der Waals surface area contributed by atoms with Gasteiger partial charge in [-0.15, -0.1) is 0 Å². The molecule has 8 nitrogen and oxygen atoms in total. The lowest BCUT2D eigenvalue weighted by atomic mass is 9.93. The van der Waals surface area contributed by atoms with E-state index in [4.69, 9.17) is 14.2 Å². The third kappa shape index (κ3) is 5.22. The molecule has 8 heteroatoms. The van der Waals surface area contributed by atoms with Crippen LogP contribution in [-0.4, -0.2) is 42.4 Å². The van der Waals surface area contributed by atoms with Crippen molar-refractivity contribution in [2.24, 2.45) is 0 Å². The lowest BCUT2D eigenvalue weighted by molar-refractivity contribution is 0.129. The van der Waals surface area contributed by atoms with Crippen LogP contribution in [0, 0.1) is 0 Å². The van der Waals surface area contributed by atoms with Crippen LogP contribution in [0.5, 0.6) is 17.5 Å². The second-order valence-corrected chi connectivity index (χ2v) is 6.29. The van der Waals surface area contributed by atoms with E-state index in [1.807, 2.05) is 0 Å². The molecule has 1 aliphatic rings. The monoisotopic (exact) mass is 372 g/mol. The first kappa shape index (κ1) is 18.8. The molecule has 0 atom stereocenters. The third-order valence-electron chi connectivity index (χ3n) is 4.48. The van der Waals surface area contributed by atoms with E-state index in [1.165, 1.54) is 0 Å². The normalized spacial score (nSPS) is 19.0. The summed E-state index contributed by atoms with van der Waals surface area (Å²) in [6.07, 6.45) is 6.76. The first-order chi connectivity index (χ1) is 13.2. The van der Waals surface area contributed by atoms with Crippen molar-refractivity contribution < 1.29 is 19.0 Å². The first-order valence-electron chi connectivity index (χ1n) is 8.91. The maximum Gasteiger partial charge on any atom is 0.319 e. The average molecular weight is 372 g/mol. The number of aromatic nitrogens is 2. The Morgan fingerprint density at radius 1 is 1.07 bits per heavy atom. The Bertz CT molecular complexity index is 749. The molecular weight excluding hydrogens is 348 g/mol. The Labute approximate surface area is 158 Å². The number of ether oxygens (including phenoxy) is 3. The van der Waals surface area contributed by atoms with E-state index in [0.29, 0.717) is 23.2 Å². The van der Waals surface area contributed by atoms with Gasteiger partial charge in [0.15, 0.2) is 0 Å². The van der Waals surface area contributed by atoms with Gasteiger partial charge in [-0.2, -0.15) is 0 Å². The SMILES string of the molecule is COc1ccc(NC(=O)NC2CCC(Oc3ncccn3)CC2)c(OC)c1. The van der Waals surface area contributed by atoms with Crippen molar-refractivity contribution in [3.63, 3.8) is 0 Å². The maximum atomic E-state index is 12.3. The van der Waals surface area contributed by atoms with Crippen molar-refractivity contribution >= 4 is 11.7 Å². The van der Waals surface area contributed by atoms with Crippen molar-refractivity contribution in [3.8, 4) is 17.5 Å². The highest BCUT2D eigenvalue weighted by Crippen LogP contribution is 2.29. The van der Waals surface area contributed by atoms with Crippen LogP contribution < -0.4 is 24.8 Å². The minimum Gasteiger partial charge on any atom is -0.497 e. The van der Waals surface area contributed by atoms with E-state index >= 15 is 0 Å². The topological polar surface area (TPSA) is 94.6 Å². The van der Waals surface area contributed by atoms with Gasteiger partial charge >= 0.3 is 12.0 Å². The maximum absolute atomic E-state index is 12.3. The standard InChI is InChI=1S/C19H24N4O4/c1-25-15-8-9-16(17(12-15)26-2)23-18(24)22-13-4-6-14(7-5-13)27-19-20-10-3-11-21-19/h3,8-14H,4-7H2,1-2H3,(H2,22,23,24). The predicted octanol–water partition coefficient (Wildman–Crippen LogP) is 3.01. The molecule has 2 aromatic rings. The Morgan fingerprint density at radius 3 is 2.48 bits per heavy atom. The highest BCUT2D eigenvalue weighted by molar-refractivity contribution is 5.91. The second-order valence-electron chi connectivity index (χ2n) is 6.29. The Kier molecular flexibility index (Phi) is 6.30. The molecule has 2 N–H and O–H groups in total. The van der Waals surface area contributed by atoms with Gasteiger partial charge < -0.3 is 24.8 Å². The Morgan fingerprint density at radius 2 is 1.81 bits per heavy atom. The van der Waals surface area contributed by atoms with Crippen molar-refractivity contribution in [2.45, 2.75) is 37.8 Å². The number of benzene rings is 1. The molecule has 3 rings (SSSR count). The van der Waals surface area contributed by atoms with Crippen molar-refractivity contribution in [1.82, 2.24) is 15.3 Å². The van der Waals surface area contributed by atoms with Crippen molar-refractivity contribution in [2.75, 3.05) is 19.5 Å². The van der Waals surface area contributed by atoms with E-state index in [9.17, 15) is 4.79 Å². The average Bonchev–Trinajstić information content (AvgIpc) is 2.70. The molecule has 2 amide bonds. The molecule has 1 aliphatic carbocycles. The van der Waals surface area contributed by atoms with Gasteiger partial charge in [-0.3, -0.25) is 0 Å². The highest BCUT2D eigenvalue weighted by Gasteiger charge is 2.24. The zero-order valence-electron chi connectivity index (χ0n) is 15.5. The zero-order valence-corrected chi connectivity index (χ0v) is 15.5. The molecule has 1 aromatic carbocycles. The summed E-state index contributed by atoms with van der Waals surface area (Å²) in [4.78, 5) is 20.5. The van der Waals surface area contributed by atoms with Gasteiger partial charge in [-0.25, -0.2) is 14.8 Å². The van der Waals surface area contributed by atoms with E-state index in [-0.39, 0.29) is 18.2 Å². The molecule has 1 fully saturated rings. The van der Waals surface area contributed by atoms with Crippen molar-refractivity contribution in [1.29, 1.82) is 0 Å². The molecule has 27 heavy (non-hydrogen) atoms. The van der Waals surface area contributed by atoms with Crippen LogP contribution in [0.4, 0.5) is 10.5 Å². The summed E-state index contributed by atoms with van der Waals surface area (Å²) in [5.74, 6) is 1.21. The molecule has 0 spiro atoms. The van der Waals surface area contributed by atoms with Crippen LogP contribution in [0.15, 0.2) is 36.7 Å². The van der Waals surface area contributed by atoms with Gasteiger partial charge in [0.05, 0.1) is 19.9 Å². The molecule has 1 heterocycles. The number of carbonyl (C=O) groups excluding carboxylic acids is 1. The fourth-order valence-corrected chi connectivity index (χ4v) is 3.07. The number of methoxy groups -OCH3 is 2. The second kappa shape index (κ2) is 9.07. The van der Waals surface area contributed by atoms with Crippen LogP contribution in [-0.2, 0) is 0 Å². The molecular formula is C19H24N4O4. The van der Waals surface area contributed by atoms with Crippen molar-refractivity contribution in [3.05, 3.63) is 36.7 Å². The third-order valence-corrected chi connectivity index (χ3v) is 4.48. The molecule has 0 radical (unpaired) electrons. The molecule has 1 aromatic heterocycles. The summed E-state index contributed by atoms with van der Waals surface area (Å²) in [5, 5.41) is 5.84. The summed E-state index contributed by atoms with van der Waals surface area (Å²) < 4.78 is 16.2. The summed E-state index contributed by atoms with van der Waals surface area (Å²) in [5.41, 5.74) is 0.592. The van der Waals surface area contributed by atoms with Crippen LogP contribution in [0.2, 0.25) is 0 Å². The molecule has 0 unspecified atom stereocenters. The number of hydrogen-bond acceptors (Lipinski definition) is 6. The minimum atomic E-state index is -0.255. The Balaban J connectivity index is 1.47. The zero-order chi connectivity index (χ0) is 19.1. The van der Waals surface area contributed by atoms with Gasteiger partial charge in [0, 0.05) is 24.5 Å². The van der Waals surface area contributed by atoms with Crippen LogP contribution in [0.1, 0.15) is 25.7 Å². The summed E-state index contributed by atoms with van der Waals surface area (Å²) in [7, 11) is 3.13. The molecule has 0 bridgehead atoms. The quantitative estimate of drug-likeness (QED) is 0.809. The molecule has 0 saturated heterocycles. The fraction of sp³-hybridized carbons (Fsp3) is 0.421. The number of nitrogens with zero attached hydrogens (tertiary/aromatic N) is 2. The van der Waals surface area contributed by atoms with E-state index in [0.717, 1.165) is 25.7 Å². The van der Waals surface area contributed by atoms with E-state index < -0.39 is 0 Å². The predicted molar refractivity (Wildman–Crippen MR) is 100 cm³/mol. The minimum absolute atomic E-state index is 0.0789. The number of hydrogen-bond donors (Lipinski definition) is 2. The highest BCUT2D eigenvalue weighted by atomic mass is 16.5. The number of rotatable bonds is 6. The number of anilines is 1. The van der Waals surface area contributed by atoms with Gasteiger partial charge in [0.2, 0.25) is 0 Å². The number of urea groups is 1. The molecule has 0 aliphatic heterocycles. The first-order valence-corrected chi connectivity index (χ1v) is 8.91. The summed E-state index contributed by atoms with van der Waals surface area (Å²) >= 11 is 0. The smallest absolute Gasteiger partial charge is 0.319 e. The number of carbonyl (C=O) groups is 1. The van der Waals surface area contributed by atoms with E-state index in [1.54, 1.807) is 50.9 Å². The summed E-state index contributed by atoms with van der Waals surface area (Å²) in [6, 6.07) is 7.25.